The van der Waals surface area contributed by atoms with Gasteiger partial charge in [0.1, 0.15) is 23.4 Å². The Morgan fingerprint density at radius 1 is 1.05 bits per heavy atom. The van der Waals surface area contributed by atoms with Crippen LogP contribution in [0.5, 0.6) is 5.75 Å². The Kier molecular flexibility index (Phi) is 11.1. The first-order chi connectivity index (χ1) is 17.8. The summed E-state index contributed by atoms with van der Waals surface area (Å²) in [7, 11) is 0. The number of carbonyl (C=O) groups is 3. The number of phenolic OH excluding ortho intramolecular Hbond substituents is 1. The Bertz CT molecular complexity index is 1080. The van der Waals surface area contributed by atoms with Gasteiger partial charge in [0.2, 0.25) is 11.8 Å². The topological polar surface area (TPSA) is 128 Å². The van der Waals surface area contributed by atoms with Crippen LogP contribution in [0.4, 0.5) is 4.79 Å². The lowest BCUT2D eigenvalue weighted by atomic mass is 9.98. The molecule has 2 aromatic carbocycles. The summed E-state index contributed by atoms with van der Waals surface area (Å²) in [4.78, 5) is 41.4. The number of alkyl carbamates (subject to hydrolysis) is 1. The molecule has 0 aliphatic heterocycles. The maximum absolute atomic E-state index is 13.9. The van der Waals surface area contributed by atoms with Gasteiger partial charge >= 0.3 is 6.09 Å². The number of aryl methyl sites for hydroxylation is 1. The maximum atomic E-state index is 13.9. The zero-order valence-electron chi connectivity index (χ0n) is 23.2. The van der Waals surface area contributed by atoms with Gasteiger partial charge in [-0.1, -0.05) is 50.2 Å². The molecule has 2 rings (SSSR count). The fourth-order valence-electron chi connectivity index (χ4n) is 4.02. The van der Waals surface area contributed by atoms with E-state index in [0.717, 1.165) is 5.56 Å². The molecule has 208 valence electrons. The monoisotopic (exact) mass is 527 g/mol. The van der Waals surface area contributed by atoms with Gasteiger partial charge in [0.15, 0.2) is 0 Å². The van der Waals surface area contributed by atoms with E-state index >= 15 is 0 Å². The molecule has 0 bridgehead atoms. The van der Waals surface area contributed by atoms with Crippen LogP contribution in [0.3, 0.4) is 0 Å². The largest absolute Gasteiger partial charge is 0.508 e. The molecule has 0 radical (unpaired) electrons. The Labute approximate surface area is 225 Å². The van der Waals surface area contributed by atoms with Crippen LogP contribution in [0.15, 0.2) is 48.5 Å². The number of benzene rings is 2. The SMILES string of the molecule is Cc1cc(C(C(=O)NCc2ccccc2)N(CCO)C(=O)C(CC(C)C)NC(=O)OC(C)(C)C)ccc1O. The number of rotatable bonds is 11. The van der Waals surface area contributed by atoms with Crippen LogP contribution in [0.2, 0.25) is 0 Å². The van der Waals surface area contributed by atoms with Gasteiger partial charge in [-0.3, -0.25) is 9.59 Å². The number of hydrogen-bond acceptors (Lipinski definition) is 6. The molecule has 2 aromatic rings. The van der Waals surface area contributed by atoms with E-state index in [-0.39, 0.29) is 24.8 Å². The summed E-state index contributed by atoms with van der Waals surface area (Å²) < 4.78 is 5.37. The lowest BCUT2D eigenvalue weighted by Gasteiger charge is -2.34. The second-order valence-corrected chi connectivity index (χ2v) is 10.7. The number of nitrogens with zero attached hydrogens (tertiary/aromatic N) is 1. The van der Waals surface area contributed by atoms with Gasteiger partial charge in [0.25, 0.3) is 0 Å². The molecular weight excluding hydrogens is 486 g/mol. The van der Waals surface area contributed by atoms with Crippen molar-refractivity contribution in [3.63, 3.8) is 0 Å². The van der Waals surface area contributed by atoms with Gasteiger partial charge in [0.05, 0.1) is 6.61 Å². The summed E-state index contributed by atoms with van der Waals surface area (Å²) in [6.07, 6.45) is -0.446. The number of aliphatic hydroxyl groups is 1. The highest BCUT2D eigenvalue weighted by molar-refractivity contribution is 5.92. The van der Waals surface area contributed by atoms with E-state index < -0.39 is 42.2 Å². The third kappa shape index (κ3) is 9.37. The van der Waals surface area contributed by atoms with Crippen molar-refractivity contribution in [2.45, 2.75) is 72.2 Å². The number of hydrogen-bond donors (Lipinski definition) is 4. The van der Waals surface area contributed by atoms with E-state index in [2.05, 4.69) is 10.6 Å². The summed E-state index contributed by atoms with van der Waals surface area (Å²) in [6, 6.07) is 11.9. The molecule has 0 spiro atoms. The van der Waals surface area contributed by atoms with Gasteiger partial charge < -0.3 is 30.5 Å². The van der Waals surface area contributed by atoms with Crippen molar-refractivity contribution in [2.24, 2.45) is 5.92 Å². The number of carbonyl (C=O) groups excluding carboxylic acids is 3. The molecule has 0 saturated carbocycles. The van der Waals surface area contributed by atoms with Crippen molar-refractivity contribution < 1.29 is 29.3 Å². The molecule has 0 heterocycles. The van der Waals surface area contributed by atoms with Gasteiger partial charge in [-0.15, -0.1) is 0 Å². The fourth-order valence-corrected chi connectivity index (χ4v) is 4.02. The lowest BCUT2D eigenvalue weighted by Crippen LogP contribution is -2.54. The van der Waals surface area contributed by atoms with Gasteiger partial charge in [-0.25, -0.2) is 4.79 Å². The third-order valence-corrected chi connectivity index (χ3v) is 5.73. The minimum Gasteiger partial charge on any atom is -0.508 e. The van der Waals surface area contributed by atoms with Crippen LogP contribution in [-0.2, 0) is 20.9 Å². The minimum absolute atomic E-state index is 0.0381. The summed E-state index contributed by atoms with van der Waals surface area (Å²) in [6.45, 7) is 10.4. The van der Waals surface area contributed by atoms with Crippen LogP contribution in [0.1, 0.15) is 63.8 Å². The molecule has 0 aromatic heterocycles. The normalized spacial score (nSPS) is 12.9. The lowest BCUT2D eigenvalue weighted by molar-refractivity contribution is -0.143. The maximum Gasteiger partial charge on any atom is 0.408 e. The number of aliphatic hydroxyl groups excluding tert-OH is 1. The Morgan fingerprint density at radius 2 is 1.71 bits per heavy atom. The predicted octanol–water partition coefficient (Wildman–Crippen LogP) is 3.82. The first-order valence-corrected chi connectivity index (χ1v) is 12.8. The molecule has 3 amide bonds. The number of ether oxygens (including phenoxy) is 1. The smallest absolute Gasteiger partial charge is 0.408 e. The quantitative estimate of drug-likeness (QED) is 0.352. The van der Waals surface area contributed by atoms with Crippen LogP contribution in [0, 0.1) is 12.8 Å². The zero-order chi connectivity index (χ0) is 28.5. The average Bonchev–Trinajstić information content (AvgIpc) is 2.83. The van der Waals surface area contributed by atoms with Crippen LogP contribution in [-0.4, -0.2) is 57.8 Å². The van der Waals surface area contributed by atoms with Gasteiger partial charge in [0, 0.05) is 13.1 Å². The van der Waals surface area contributed by atoms with E-state index in [4.69, 9.17) is 4.74 Å². The second kappa shape index (κ2) is 13.8. The first-order valence-electron chi connectivity index (χ1n) is 12.8. The summed E-state index contributed by atoms with van der Waals surface area (Å²) in [5.41, 5.74) is 1.12. The van der Waals surface area contributed by atoms with Crippen molar-refractivity contribution in [2.75, 3.05) is 13.2 Å². The first kappa shape index (κ1) is 30.6. The van der Waals surface area contributed by atoms with Crippen molar-refractivity contribution >= 4 is 17.9 Å². The van der Waals surface area contributed by atoms with Gasteiger partial charge in [-0.2, -0.15) is 0 Å². The van der Waals surface area contributed by atoms with E-state index in [0.29, 0.717) is 17.5 Å². The zero-order valence-corrected chi connectivity index (χ0v) is 23.2. The third-order valence-electron chi connectivity index (χ3n) is 5.73. The highest BCUT2D eigenvalue weighted by Gasteiger charge is 2.36. The number of aromatic hydroxyl groups is 1. The minimum atomic E-state index is -1.12. The van der Waals surface area contributed by atoms with Crippen molar-refractivity contribution in [1.29, 1.82) is 0 Å². The summed E-state index contributed by atoms with van der Waals surface area (Å²) in [5, 5.41) is 25.5. The molecule has 2 unspecified atom stereocenters. The van der Waals surface area contributed by atoms with Crippen LogP contribution < -0.4 is 10.6 Å². The molecule has 4 N–H and O–H groups in total. The fraction of sp³-hybridized carbons (Fsp3) is 0.483. The molecule has 0 saturated heterocycles. The molecule has 0 aliphatic carbocycles. The van der Waals surface area contributed by atoms with Crippen molar-refractivity contribution in [3.05, 3.63) is 65.2 Å². The number of amides is 3. The average molecular weight is 528 g/mol. The standard InChI is InChI=1S/C29H41N3O6/c1-19(2)16-23(31-28(37)38-29(4,5)6)27(36)32(14-15-33)25(22-12-13-24(34)20(3)17-22)26(35)30-18-21-10-8-7-9-11-21/h7-13,17,19,23,25,33-34H,14-16,18H2,1-6H3,(H,30,35)(H,31,37). The summed E-state index contributed by atoms with van der Waals surface area (Å²) in [5.74, 6) is -0.886. The van der Waals surface area contributed by atoms with Crippen molar-refractivity contribution in [1.82, 2.24) is 15.5 Å². The van der Waals surface area contributed by atoms with E-state index in [1.54, 1.807) is 39.8 Å². The molecule has 38 heavy (non-hydrogen) atoms. The molecule has 2 atom stereocenters. The van der Waals surface area contributed by atoms with Crippen LogP contribution >= 0.6 is 0 Å². The molecule has 9 nitrogen and oxygen atoms in total. The Hall–Kier alpha value is -3.59. The van der Waals surface area contributed by atoms with E-state index in [9.17, 15) is 24.6 Å². The van der Waals surface area contributed by atoms with E-state index in [1.165, 1.54) is 11.0 Å². The number of nitrogens with one attached hydrogen (secondary N) is 2. The molecule has 0 aliphatic rings. The molecular formula is C29H41N3O6. The molecule has 9 heteroatoms. The van der Waals surface area contributed by atoms with E-state index in [1.807, 2.05) is 44.2 Å². The number of phenols is 1. The summed E-state index contributed by atoms with van der Waals surface area (Å²) >= 11 is 0. The second-order valence-electron chi connectivity index (χ2n) is 10.7. The predicted molar refractivity (Wildman–Crippen MR) is 145 cm³/mol. The molecule has 0 fully saturated rings. The Morgan fingerprint density at radius 3 is 2.26 bits per heavy atom. The Balaban J connectivity index is 2.46. The highest BCUT2D eigenvalue weighted by atomic mass is 16.6. The van der Waals surface area contributed by atoms with Gasteiger partial charge in [-0.05, 0) is 68.9 Å². The van der Waals surface area contributed by atoms with Crippen LogP contribution in [0.25, 0.3) is 0 Å². The highest BCUT2D eigenvalue weighted by Crippen LogP contribution is 2.27. The van der Waals surface area contributed by atoms with Crippen molar-refractivity contribution in [3.8, 4) is 5.75 Å².